The van der Waals surface area contributed by atoms with Gasteiger partial charge in [-0.25, -0.2) is 9.37 Å². The minimum atomic E-state index is -0.691. The highest BCUT2D eigenvalue weighted by Crippen LogP contribution is 2.38. The van der Waals surface area contributed by atoms with Crippen molar-refractivity contribution >= 4 is 40.4 Å². The SMILES string of the molecule is N#Cc1cc(C(=N)c2cc(OCc3c(Cl)cncc3Cl)c(F)cc2N)cnc1N1CC2(CNC2)C1. The van der Waals surface area contributed by atoms with Gasteiger partial charge in [0.15, 0.2) is 11.6 Å². The number of benzene rings is 1. The number of hydrogen-bond donors (Lipinski definition) is 3. The molecule has 2 aliphatic rings. The molecule has 4 N–H and O–H groups in total. The van der Waals surface area contributed by atoms with Crippen LogP contribution in [-0.4, -0.2) is 41.9 Å². The molecule has 2 fully saturated rings. The van der Waals surface area contributed by atoms with Crippen molar-refractivity contribution in [3.63, 3.8) is 0 Å². The normalized spacial score (nSPS) is 15.8. The number of nitrogens with two attached hydrogens (primary N) is 1. The van der Waals surface area contributed by atoms with Gasteiger partial charge in [-0.05, 0) is 12.1 Å². The third kappa shape index (κ3) is 4.25. The van der Waals surface area contributed by atoms with Crippen LogP contribution in [0.25, 0.3) is 0 Å². The van der Waals surface area contributed by atoms with Crippen molar-refractivity contribution in [1.29, 1.82) is 10.7 Å². The molecule has 3 aromatic rings. The second-order valence-electron chi connectivity index (χ2n) is 8.78. The van der Waals surface area contributed by atoms with Gasteiger partial charge in [-0.3, -0.25) is 10.4 Å². The molecule has 35 heavy (non-hydrogen) atoms. The summed E-state index contributed by atoms with van der Waals surface area (Å²) < 4.78 is 20.2. The molecule has 0 saturated carbocycles. The number of nitrogens with one attached hydrogen (secondary N) is 2. The average Bonchev–Trinajstić information content (AvgIpc) is 2.77. The first-order chi connectivity index (χ1) is 16.8. The Balaban J connectivity index is 1.38. The largest absolute Gasteiger partial charge is 0.486 e. The molecule has 2 aromatic heterocycles. The van der Waals surface area contributed by atoms with Crippen molar-refractivity contribution in [2.45, 2.75) is 6.61 Å². The number of anilines is 2. The van der Waals surface area contributed by atoms with Crippen LogP contribution in [-0.2, 0) is 6.61 Å². The van der Waals surface area contributed by atoms with Gasteiger partial charge in [0.2, 0.25) is 0 Å². The van der Waals surface area contributed by atoms with Gasteiger partial charge >= 0.3 is 0 Å². The number of halogens is 3. The number of hydrogen-bond acceptors (Lipinski definition) is 8. The Hall–Kier alpha value is -3.45. The standard InChI is InChI=1S/C24H20Cl2FN7O/c25-17-6-31-7-18(26)16(17)8-35-21-2-15(20(29)3-19(21)27)22(30)14-1-13(4-28)23(33-5-14)34-11-24(12-34)9-32-10-24/h1-3,5-7,30,32H,8-12,29H2. The molecule has 178 valence electrons. The molecule has 2 aliphatic heterocycles. The lowest BCUT2D eigenvalue weighted by molar-refractivity contribution is 0.120. The van der Waals surface area contributed by atoms with E-state index in [2.05, 4.69) is 26.3 Å². The molecule has 5 rings (SSSR count). The van der Waals surface area contributed by atoms with Crippen molar-refractivity contribution < 1.29 is 9.13 Å². The third-order valence-corrected chi connectivity index (χ3v) is 6.98. The van der Waals surface area contributed by atoms with Crippen LogP contribution in [0.15, 0.2) is 36.8 Å². The number of nitrogens with zero attached hydrogens (tertiary/aromatic N) is 4. The van der Waals surface area contributed by atoms with Gasteiger partial charge in [-0.2, -0.15) is 5.26 Å². The molecule has 0 atom stereocenters. The van der Waals surface area contributed by atoms with Crippen LogP contribution >= 0.6 is 23.2 Å². The summed E-state index contributed by atoms with van der Waals surface area (Å²) in [5, 5.41) is 22.2. The van der Waals surface area contributed by atoms with E-state index in [1.807, 2.05) is 0 Å². The highest BCUT2D eigenvalue weighted by Gasteiger charge is 2.48. The molecule has 0 unspecified atom stereocenters. The predicted molar refractivity (Wildman–Crippen MR) is 132 cm³/mol. The number of nitriles is 1. The monoisotopic (exact) mass is 511 g/mol. The summed E-state index contributed by atoms with van der Waals surface area (Å²) in [6, 6.07) is 6.22. The Morgan fingerprint density at radius 2 is 1.94 bits per heavy atom. The maximum atomic E-state index is 14.6. The van der Waals surface area contributed by atoms with E-state index in [1.54, 1.807) is 6.07 Å². The highest BCUT2D eigenvalue weighted by atomic mass is 35.5. The fourth-order valence-electron chi connectivity index (χ4n) is 4.32. The van der Waals surface area contributed by atoms with Crippen molar-refractivity contribution in [3.8, 4) is 11.8 Å². The van der Waals surface area contributed by atoms with Crippen LogP contribution in [0.5, 0.6) is 5.75 Å². The van der Waals surface area contributed by atoms with Gasteiger partial charge in [0, 0.05) is 78.6 Å². The lowest BCUT2D eigenvalue weighted by atomic mass is 9.74. The average molecular weight is 512 g/mol. The fourth-order valence-corrected chi connectivity index (χ4v) is 4.79. The van der Waals surface area contributed by atoms with Crippen LogP contribution < -0.4 is 20.7 Å². The summed E-state index contributed by atoms with van der Waals surface area (Å²) in [5.41, 5.74) is 7.82. The maximum Gasteiger partial charge on any atom is 0.167 e. The molecule has 1 spiro atoms. The molecule has 0 amide bonds. The quantitative estimate of drug-likeness (QED) is 0.339. The molecule has 4 heterocycles. The molecular weight excluding hydrogens is 492 g/mol. The Bertz CT molecular complexity index is 1360. The summed E-state index contributed by atoms with van der Waals surface area (Å²) in [7, 11) is 0. The van der Waals surface area contributed by atoms with E-state index >= 15 is 0 Å². The molecule has 0 bridgehead atoms. The molecule has 0 radical (unpaired) electrons. The highest BCUT2D eigenvalue weighted by molar-refractivity contribution is 6.35. The zero-order valence-electron chi connectivity index (χ0n) is 18.4. The van der Waals surface area contributed by atoms with Crippen molar-refractivity contribution in [2.75, 3.05) is 36.8 Å². The van der Waals surface area contributed by atoms with E-state index in [0.717, 1.165) is 32.2 Å². The molecule has 2 saturated heterocycles. The van der Waals surface area contributed by atoms with E-state index in [4.69, 9.17) is 39.1 Å². The minimum Gasteiger partial charge on any atom is -0.486 e. The minimum absolute atomic E-state index is 0.00820. The summed E-state index contributed by atoms with van der Waals surface area (Å²) in [4.78, 5) is 10.4. The molecule has 11 heteroatoms. The van der Waals surface area contributed by atoms with Gasteiger partial charge in [0.1, 0.15) is 18.5 Å². The van der Waals surface area contributed by atoms with E-state index in [9.17, 15) is 9.65 Å². The first-order valence-corrected chi connectivity index (χ1v) is 11.5. The summed E-state index contributed by atoms with van der Waals surface area (Å²) >= 11 is 12.2. The number of aromatic nitrogens is 2. The maximum absolute atomic E-state index is 14.6. The third-order valence-electron chi connectivity index (χ3n) is 6.33. The van der Waals surface area contributed by atoms with Gasteiger partial charge in [-0.15, -0.1) is 0 Å². The van der Waals surface area contributed by atoms with Crippen LogP contribution in [0.2, 0.25) is 10.0 Å². The van der Waals surface area contributed by atoms with Gasteiger partial charge in [0.05, 0.1) is 21.3 Å². The first kappa shape index (κ1) is 23.3. The molecule has 8 nitrogen and oxygen atoms in total. The number of nitrogen functional groups attached to an aromatic ring is 1. The first-order valence-electron chi connectivity index (χ1n) is 10.7. The van der Waals surface area contributed by atoms with Crippen LogP contribution in [0, 0.1) is 28.0 Å². The van der Waals surface area contributed by atoms with Crippen molar-refractivity contribution in [2.24, 2.45) is 5.41 Å². The molecule has 0 aliphatic carbocycles. The van der Waals surface area contributed by atoms with E-state index < -0.39 is 5.82 Å². The summed E-state index contributed by atoms with van der Waals surface area (Å²) in [6.45, 7) is 3.53. The van der Waals surface area contributed by atoms with E-state index in [-0.39, 0.29) is 34.7 Å². The lowest BCUT2D eigenvalue weighted by Gasteiger charge is -2.56. The second kappa shape index (κ2) is 8.96. The Labute approximate surface area is 211 Å². The lowest BCUT2D eigenvalue weighted by Crippen LogP contribution is -2.71. The van der Waals surface area contributed by atoms with E-state index in [1.165, 1.54) is 24.7 Å². The second-order valence-corrected chi connectivity index (χ2v) is 9.60. The predicted octanol–water partition coefficient (Wildman–Crippen LogP) is 3.78. The van der Waals surface area contributed by atoms with E-state index in [0.29, 0.717) is 32.6 Å². The van der Waals surface area contributed by atoms with Crippen LogP contribution in [0.3, 0.4) is 0 Å². The fraction of sp³-hybridized carbons (Fsp3) is 0.250. The van der Waals surface area contributed by atoms with Gasteiger partial charge < -0.3 is 20.7 Å². The number of ether oxygens (including phenoxy) is 1. The smallest absolute Gasteiger partial charge is 0.167 e. The Morgan fingerprint density at radius 1 is 1.23 bits per heavy atom. The summed E-state index contributed by atoms with van der Waals surface area (Å²) in [5.74, 6) is -0.208. The van der Waals surface area contributed by atoms with Gasteiger partial charge in [-0.1, -0.05) is 23.2 Å². The molecular formula is C24H20Cl2FN7O. The van der Waals surface area contributed by atoms with Gasteiger partial charge in [0.25, 0.3) is 0 Å². The van der Waals surface area contributed by atoms with Crippen LogP contribution in [0.4, 0.5) is 15.9 Å². The Morgan fingerprint density at radius 3 is 2.57 bits per heavy atom. The Kier molecular flexibility index (Phi) is 5.97. The number of pyridine rings is 2. The van der Waals surface area contributed by atoms with Crippen molar-refractivity contribution in [3.05, 3.63) is 74.9 Å². The topological polar surface area (TPSA) is 124 Å². The summed E-state index contributed by atoms with van der Waals surface area (Å²) in [6.07, 6.45) is 4.36. The number of rotatable bonds is 6. The van der Waals surface area contributed by atoms with Crippen molar-refractivity contribution in [1.82, 2.24) is 15.3 Å². The van der Waals surface area contributed by atoms with Crippen LogP contribution in [0.1, 0.15) is 22.3 Å². The zero-order chi connectivity index (χ0) is 24.7. The zero-order valence-corrected chi connectivity index (χ0v) is 19.9. The molecule has 1 aromatic carbocycles.